The number of carbonyl (C=O) groups is 1. The van der Waals surface area contributed by atoms with Crippen molar-refractivity contribution in [3.05, 3.63) is 57.0 Å². The summed E-state index contributed by atoms with van der Waals surface area (Å²) in [7, 11) is 0. The summed E-state index contributed by atoms with van der Waals surface area (Å²) < 4.78 is 6.71. The molecule has 2 nitrogen and oxygen atoms in total. The molecule has 0 bridgehead atoms. The van der Waals surface area contributed by atoms with Crippen LogP contribution in [0.4, 0.5) is 0 Å². The number of aryl methyl sites for hydroxylation is 1. The van der Waals surface area contributed by atoms with Crippen LogP contribution in [0.5, 0.6) is 11.5 Å². The lowest BCUT2D eigenvalue weighted by atomic mass is 10.2. The zero-order valence-electron chi connectivity index (χ0n) is 9.61. The summed E-state index contributed by atoms with van der Waals surface area (Å²) in [6, 6.07) is 10.7. The summed E-state index contributed by atoms with van der Waals surface area (Å²) >= 11 is 9.44. The number of hydrogen-bond acceptors (Lipinski definition) is 2. The van der Waals surface area contributed by atoms with Crippen LogP contribution in [-0.4, -0.2) is 6.29 Å². The predicted octanol–water partition coefficient (Wildman–Crippen LogP) is 5.02. The molecule has 0 spiro atoms. The molecule has 0 saturated carbocycles. The fourth-order valence-corrected chi connectivity index (χ4v) is 2.26. The molecule has 0 saturated heterocycles. The van der Waals surface area contributed by atoms with Gasteiger partial charge in [0.15, 0.2) is 12.0 Å². The fraction of sp³-hybridized carbons (Fsp3) is 0.0714. The van der Waals surface area contributed by atoms with Crippen LogP contribution in [0.25, 0.3) is 0 Å². The first-order valence-electron chi connectivity index (χ1n) is 5.29. The van der Waals surface area contributed by atoms with Gasteiger partial charge in [-0.1, -0.05) is 33.6 Å². The Labute approximate surface area is 119 Å². The Kier molecular flexibility index (Phi) is 4.04. The second kappa shape index (κ2) is 5.55. The van der Waals surface area contributed by atoms with Crippen LogP contribution in [0.3, 0.4) is 0 Å². The minimum Gasteiger partial charge on any atom is -0.455 e. The number of benzene rings is 2. The Morgan fingerprint density at radius 2 is 2.06 bits per heavy atom. The Hall–Kier alpha value is -1.32. The van der Waals surface area contributed by atoms with E-state index in [0.717, 1.165) is 16.3 Å². The first-order chi connectivity index (χ1) is 8.61. The van der Waals surface area contributed by atoms with Gasteiger partial charge in [-0.2, -0.15) is 0 Å². The molecule has 0 atom stereocenters. The monoisotopic (exact) mass is 324 g/mol. The third-order valence-electron chi connectivity index (χ3n) is 2.47. The summed E-state index contributed by atoms with van der Waals surface area (Å²) in [6.45, 7) is 1.93. The highest BCUT2D eigenvalue weighted by atomic mass is 79.9. The van der Waals surface area contributed by atoms with E-state index in [2.05, 4.69) is 15.9 Å². The highest BCUT2D eigenvalue weighted by Gasteiger charge is 2.10. The molecule has 0 aliphatic carbocycles. The smallest absolute Gasteiger partial charge is 0.156 e. The third kappa shape index (κ3) is 2.74. The lowest BCUT2D eigenvalue weighted by molar-refractivity contribution is 0.112. The summed E-state index contributed by atoms with van der Waals surface area (Å²) in [5.41, 5.74) is 1.39. The van der Waals surface area contributed by atoms with Gasteiger partial charge in [0.1, 0.15) is 5.75 Å². The van der Waals surface area contributed by atoms with E-state index in [1.807, 2.05) is 25.1 Å². The van der Waals surface area contributed by atoms with E-state index in [1.165, 1.54) is 0 Å². The number of para-hydroxylation sites is 1. The topological polar surface area (TPSA) is 26.3 Å². The van der Waals surface area contributed by atoms with E-state index in [0.29, 0.717) is 22.1 Å². The molecule has 0 N–H and O–H groups in total. The lowest BCUT2D eigenvalue weighted by Crippen LogP contribution is -1.93. The van der Waals surface area contributed by atoms with Gasteiger partial charge in [0.2, 0.25) is 0 Å². The normalized spacial score (nSPS) is 10.2. The zero-order chi connectivity index (χ0) is 13.1. The van der Waals surface area contributed by atoms with Crippen molar-refractivity contribution < 1.29 is 9.53 Å². The third-order valence-corrected chi connectivity index (χ3v) is 3.26. The second-order valence-corrected chi connectivity index (χ2v) is 5.11. The zero-order valence-corrected chi connectivity index (χ0v) is 12.0. The van der Waals surface area contributed by atoms with Gasteiger partial charge >= 0.3 is 0 Å². The van der Waals surface area contributed by atoms with Gasteiger partial charge in [-0.25, -0.2) is 0 Å². The van der Waals surface area contributed by atoms with Crippen LogP contribution in [0, 0.1) is 6.92 Å². The number of carbonyl (C=O) groups excluding carboxylic acids is 1. The highest BCUT2D eigenvalue weighted by molar-refractivity contribution is 9.10. The number of halogens is 2. The lowest BCUT2D eigenvalue weighted by Gasteiger charge is -2.12. The van der Waals surface area contributed by atoms with Crippen LogP contribution in [0.15, 0.2) is 40.9 Å². The Morgan fingerprint density at radius 3 is 2.72 bits per heavy atom. The average molecular weight is 326 g/mol. The molecule has 18 heavy (non-hydrogen) atoms. The first kappa shape index (κ1) is 13.1. The van der Waals surface area contributed by atoms with E-state index in [4.69, 9.17) is 16.3 Å². The highest BCUT2D eigenvalue weighted by Crippen LogP contribution is 2.34. The van der Waals surface area contributed by atoms with Gasteiger partial charge in [-0.15, -0.1) is 0 Å². The van der Waals surface area contributed by atoms with Gasteiger partial charge in [0, 0.05) is 4.47 Å². The largest absolute Gasteiger partial charge is 0.455 e. The summed E-state index contributed by atoms with van der Waals surface area (Å²) in [4.78, 5) is 11.0. The Morgan fingerprint density at radius 1 is 1.28 bits per heavy atom. The maximum atomic E-state index is 11.0. The number of rotatable bonds is 3. The van der Waals surface area contributed by atoms with Crippen molar-refractivity contribution in [3.63, 3.8) is 0 Å². The first-order valence-corrected chi connectivity index (χ1v) is 6.46. The number of ether oxygens (including phenoxy) is 1. The van der Waals surface area contributed by atoms with Crippen molar-refractivity contribution >= 4 is 33.8 Å². The van der Waals surface area contributed by atoms with Gasteiger partial charge in [-0.05, 0) is 42.8 Å². The molecular formula is C14H10BrClO2. The minimum atomic E-state index is 0.389. The molecule has 4 heteroatoms. The van der Waals surface area contributed by atoms with Gasteiger partial charge in [0.25, 0.3) is 0 Å². The quantitative estimate of drug-likeness (QED) is 0.741. The van der Waals surface area contributed by atoms with E-state index >= 15 is 0 Å². The van der Waals surface area contributed by atoms with E-state index in [1.54, 1.807) is 18.2 Å². The molecule has 2 aromatic carbocycles. The van der Waals surface area contributed by atoms with Crippen LogP contribution < -0.4 is 4.74 Å². The van der Waals surface area contributed by atoms with Gasteiger partial charge in [-0.3, -0.25) is 4.79 Å². The number of hydrogen-bond donors (Lipinski definition) is 0. The molecule has 0 aliphatic rings. The Bertz CT molecular complexity index is 596. The maximum Gasteiger partial charge on any atom is 0.156 e. The molecule has 0 heterocycles. The van der Waals surface area contributed by atoms with Crippen molar-refractivity contribution in [2.45, 2.75) is 6.92 Å². The molecule has 2 aromatic rings. The van der Waals surface area contributed by atoms with Crippen LogP contribution in [0.2, 0.25) is 5.02 Å². The summed E-state index contributed by atoms with van der Waals surface area (Å²) in [6.07, 6.45) is 0.732. The molecule has 0 amide bonds. The van der Waals surface area contributed by atoms with E-state index < -0.39 is 0 Å². The van der Waals surface area contributed by atoms with Gasteiger partial charge in [0.05, 0.1) is 10.6 Å². The van der Waals surface area contributed by atoms with Crippen LogP contribution in [-0.2, 0) is 0 Å². The second-order valence-electron chi connectivity index (χ2n) is 3.79. The molecule has 0 aromatic heterocycles. The van der Waals surface area contributed by atoms with E-state index in [9.17, 15) is 4.79 Å². The van der Waals surface area contributed by atoms with Gasteiger partial charge < -0.3 is 4.74 Å². The van der Waals surface area contributed by atoms with Crippen LogP contribution >= 0.6 is 27.5 Å². The molecule has 92 valence electrons. The molecule has 0 unspecified atom stereocenters. The summed E-state index contributed by atoms with van der Waals surface area (Å²) in [5.74, 6) is 1.06. The maximum absolute atomic E-state index is 11.0. The van der Waals surface area contributed by atoms with Crippen molar-refractivity contribution in [3.8, 4) is 11.5 Å². The average Bonchev–Trinajstić information content (AvgIpc) is 2.34. The predicted molar refractivity (Wildman–Crippen MR) is 75.8 cm³/mol. The van der Waals surface area contributed by atoms with Crippen LogP contribution in [0.1, 0.15) is 15.9 Å². The van der Waals surface area contributed by atoms with Crippen molar-refractivity contribution in [2.75, 3.05) is 0 Å². The molecule has 0 radical (unpaired) electrons. The molecule has 0 fully saturated rings. The van der Waals surface area contributed by atoms with Crippen molar-refractivity contribution in [1.29, 1.82) is 0 Å². The molecule has 2 rings (SSSR count). The summed E-state index contributed by atoms with van der Waals surface area (Å²) in [5, 5.41) is 0.418. The number of aldehydes is 1. The standard InChI is InChI=1S/C14H10BrClO2/c1-9-7-11(15)5-6-13(9)18-14-10(8-17)3-2-4-12(14)16/h2-8H,1H3. The molecule has 0 aliphatic heterocycles. The van der Waals surface area contributed by atoms with Crippen molar-refractivity contribution in [1.82, 2.24) is 0 Å². The van der Waals surface area contributed by atoms with Crippen molar-refractivity contribution in [2.24, 2.45) is 0 Å². The van der Waals surface area contributed by atoms with E-state index in [-0.39, 0.29) is 0 Å². The SMILES string of the molecule is Cc1cc(Br)ccc1Oc1c(Cl)cccc1C=O. The fourth-order valence-electron chi connectivity index (χ4n) is 1.56. The molecular weight excluding hydrogens is 316 g/mol. The Balaban J connectivity index is 2.42. The minimum absolute atomic E-state index is 0.389.